The van der Waals surface area contributed by atoms with E-state index in [1.807, 2.05) is 6.07 Å². The number of hydrogen-bond acceptors (Lipinski definition) is 6. The van der Waals surface area contributed by atoms with Crippen LogP contribution in [0.2, 0.25) is 0 Å². The van der Waals surface area contributed by atoms with E-state index in [-0.39, 0.29) is 15.5 Å². The minimum absolute atomic E-state index is 0.0325. The fourth-order valence-corrected chi connectivity index (χ4v) is 4.23. The highest BCUT2D eigenvalue weighted by Gasteiger charge is 2.18. The van der Waals surface area contributed by atoms with E-state index >= 15 is 0 Å². The Morgan fingerprint density at radius 2 is 1.38 bits per heavy atom. The summed E-state index contributed by atoms with van der Waals surface area (Å²) in [5.74, 6) is -0.421. The zero-order valence-corrected chi connectivity index (χ0v) is 19.0. The summed E-state index contributed by atoms with van der Waals surface area (Å²) in [6.07, 6.45) is 0. The summed E-state index contributed by atoms with van der Waals surface area (Å²) < 4.78 is 59.1. The third-order valence-corrected chi connectivity index (χ3v) is 6.53. The molecule has 0 spiro atoms. The molecule has 0 saturated heterocycles. The molecule has 0 bridgehead atoms. The van der Waals surface area contributed by atoms with Crippen LogP contribution in [0.4, 0.5) is 4.39 Å². The largest absolute Gasteiger partial charge is 0.276 e. The van der Waals surface area contributed by atoms with E-state index in [0.29, 0.717) is 11.3 Å². The topological polar surface area (TPSA) is 148 Å². The molecule has 0 radical (unpaired) electrons. The van der Waals surface area contributed by atoms with Crippen molar-refractivity contribution in [1.82, 2.24) is 9.89 Å². The van der Waals surface area contributed by atoms with Gasteiger partial charge in [-0.05, 0) is 48.5 Å². The lowest BCUT2D eigenvalue weighted by atomic mass is 10.1. The van der Waals surface area contributed by atoms with Gasteiger partial charge in [0.05, 0.1) is 15.5 Å². The van der Waals surface area contributed by atoms with Crippen LogP contribution < -0.4 is 9.97 Å². The molecule has 0 aliphatic heterocycles. The number of nitriles is 1. The molecule has 174 valence electrons. The van der Waals surface area contributed by atoms with E-state index in [2.05, 4.69) is 9.93 Å². The van der Waals surface area contributed by atoms with E-state index in [4.69, 9.17) is 10.4 Å². The summed E-state index contributed by atoms with van der Waals surface area (Å²) in [5.41, 5.74) is 0.873. The number of nitrogens with two attached hydrogens (primary N) is 1. The summed E-state index contributed by atoms with van der Waals surface area (Å²) in [5, 5.41) is 17.8. The first-order chi connectivity index (χ1) is 16.1. The van der Waals surface area contributed by atoms with Gasteiger partial charge in [0, 0.05) is 11.6 Å². The van der Waals surface area contributed by atoms with E-state index in [1.54, 1.807) is 36.4 Å². The second kappa shape index (κ2) is 10.3. The molecule has 0 aliphatic carbocycles. The number of primary sulfonamides is 1. The predicted octanol–water partition coefficient (Wildman–Crippen LogP) is 2.83. The molecule has 4 aromatic rings. The maximum Gasteiger partial charge on any atom is 0.276 e. The SMILES string of the molecule is N#Cc1cc(-c2ccc(F)cc2)n(NS(=O)(=O)c2ccccc2)n1.NS(=O)(=O)c1ccccc1. The zero-order chi connectivity index (χ0) is 24.8. The number of nitrogens with one attached hydrogen (secondary N) is 1. The van der Waals surface area contributed by atoms with E-state index in [1.165, 1.54) is 54.6 Å². The molecule has 4 rings (SSSR count). The Kier molecular flexibility index (Phi) is 7.42. The lowest BCUT2D eigenvalue weighted by Gasteiger charge is -2.11. The third-order valence-electron chi connectivity index (χ3n) is 4.30. The lowest BCUT2D eigenvalue weighted by Crippen LogP contribution is -2.25. The van der Waals surface area contributed by atoms with Crippen molar-refractivity contribution in [2.24, 2.45) is 5.14 Å². The Balaban J connectivity index is 0.000000271. The molecule has 0 fully saturated rings. The molecule has 3 aromatic carbocycles. The molecule has 34 heavy (non-hydrogen) atoms. The molecule has 12 heteroatoms. The van der Waals surface area contributed by atoms with Gasteiger partial charge >= 0.3 is 0 Å². The number of halogens is 1. The summed E-state index contributed by atoms with van der Waals surface area (Å²) in [4.78, 5) is 3.51. The van der Waals surface area contributed by atoms with Crippen molar-refractivity contribution in [1.29, 1.82) is 5.26 Å². The van der Waals surface area contributed by atoms with Gasteiger partial charge in [-0.15, -0.1) is 5.10 Å². The number of nitrogens with zero attached hydrogens (tertiary/aromatic N) is 3. The Morgan fingerprint density at radius 1 is 0.853 bits per heavy atom. The summed E-state index contributed by atoms with van der Waals surface area (Å²) >= 11 is 0. The Labute approximate surface area is 196 Å². The Morgan fingerprint density at radius 3 is 1.85 bits per heavy atom. The molecule has 9 nitrogen and oxygen atoms in total. The van der Waals surface area contributed by atoms with Gasteiger partial charge < -0.3 is 0 Å². The van der Waals surface area contributed by atoms with Crippen LogP contribution in [0.3, 0.4) is 0 Å². The molecule has 1 aromatic heterocycles. The van der Waals surface area contributed by atoms with Gasteiger partial charge in [0.15, 0.2) is 5.69 Å². The van der Waals surface area contributed by atoms with Gasteiger partial charge in [0.1, 0.15) is 11.9 Å². The standard InChI is InChI=1S/C16H11FN4O2S.C6H7NO2S/c17-13-8-6-12(7-9-13)16-10-14(11-18)19-21(16)20-24(22,23)15-4-2-1-3-5-15;7-10(8,9)6-4-2-1-3-5-6/h1-10,20H;1-5H,(H2,7,8,9). The second-order valence-electron chi connectivity index (χ2n) is 6.71. The van der Waals surface area contributed by atoms with Crippen molar-refractivity contribution >= 4 is 20.0 Å². The van der Waals surface area contributed by atoms with Gasteiger partial charge in [-0.2, -0.15) is 23.3 Å². The van der Waals surface area contributed by atoms with Crippen molar-refractivity contribution in [3.8, 4) is 17.3 Å². The van der Waals surface area contributed by atoms with E-state index < -0.39 is 25.9 Å². The van der Waals surface area contributed by atoms with Gasteiger partial charge in [0.2, 0.25) is 10.0 Å². The zero-order valence-electron chi connectivity index (χ0n) is 17.4. The average molecular weight is 500 g/mol. The number of benzene rings is 3. The number of rotatable bonds is 5. The number of aromatic nitrogens is 2. The molecular weight excluding hydrogens is 481 g/mol. The third kappa shape index (κ3) is 6.26. The minimum Gasteiger partial charge on any atom is -0.225 e. The molecule has 0 amide bonds. The normalized spacial score (nSPS) is 11.1. The first-order valence-electron chi connectivity index (χ1n) is 9.52. The van der Waals surface area contributed by atoms with Crippen molar-refractivity contribution in [3.63, 3.8) is 0 Å². The molecule has 0 unspecified atom stereocenters. The summed E-state index contributed by atoms with van der Waals surface area (Å²) in [6.45, 7) is 0. The Hall–Kier alpha value is -4.05. The highest BCUT2D eigenvalue weighted by molar-refractivity contribution is 7.92. The monoisotopic (exact) mass is 499 g/mol. The molecule has 0 saturated carbocycles. The second-order valence-corrected chi connectivity index (χ2v) is 9.93. The molecule has 1 heterocycles. The molecule has 0 aliphatic rings. The quantitative estimate of drug-likeness (QED) is 0.431. The molecule has 0 atom stereocenters. The highest BCUT2D eigenvalue weighted by Crippen LogP contribution is 2.21. The van der Waals surface area contributed by atoms with Crippen LogP contribution in [0.15, 0.2) is 101 Å². The van der Waals surface area contributed by atoms with Gasteiger partial charge in [-0.1, -0.05) is 36.4 Å². The van der Waals surface area contributed by atoms with Crippen LogP contribution in [0.25, 0.3) is 11.3 Å². The fourth-order valence-electron chi connectivity index (χ4n) is 2.71. The van der Waals surface area contributed by atoms with Crippen molar-refractivity contribution < 1.29 is 21.2 Å². The minimum atomic E-state index is -3.88. The highest BCUT2D eigenvalue weighted by atomic mass is 32.2. The predicted molar refractivity (Wildman–Crippen MR) is 123 cm³/mol. The van der Waals surface area contributed by atoms with Crippen molar-refractivity contribution in [2.45, 2.75) is 9.79 Å². The van der Waals surface area contributed by atoms with Crippen LogP contribution >= 0.6 is 0 Å². The van der Waals surface area contributed by atoms with Crippen LogP contribution in [0, 0.1) is 17.1 Å². The smallest absolute Gasteiger partial charge is 0.225 e. The summed E-state index contributed by atoms with van der Waals surface area (Å²) in [6, 6.07) is 24.4. The number of hydrogen-bond donors (Lipinski definition) is 2. The van der Waals surface area contributed by atoms with Crippen LogP contribution in [-0.4, -0.2) is 26.7 Å². The maximum atomic E-state index is 13.1. The van der Waals surface area contributed by atoms with Gasteiger partial charge in [-0.25, -0.2) is 17.9 Å². The summed E-state index contributed by atoms with van der Waals surface area (Å²) in [7, 11) is -7.38. The van der Waals surface area contributed by atoms with Crippen LogP contribution in [0.5, 0.6) is 0 Å². The van der Waals surface area contributed by atoms with Crippen LogP contribution in [-0.2, 0) is 20.0 Å². The molecule has 3 N–H and O–H groups in total. The van der Waals surface area contributed by atoms with Crippen LogP contribution in [0.1, 0.15) is 5.69 Å². The maximum absolute atomic E-state index is 13.1. The first kappa shape index (κ1) is 24.6. The fraction of sp³-hybridized carbons (Fsp3) is 0. The number of sulfonamides is 2. The molecular formula is C22H18FN5O4S2. The first-order valence-corrected chi connectivity index (χ1v) is 12.5. The van der Waals surface area contributed by atoms with E-state index in [9.17, 15) is 21.2 Å². The Bertz CT molecular complexity index is 1520. The van der Waals surface area contributed by atoms with Gasteiger partial charge in [0.25, 0.3) is 10.0 Å². The average Bonchev–Trinajstić information content (AvgIpc) is 3.23. The van der Waals surface area contributed by atoms with Gasteiger partial charge in [-0.3, -0.25) is 0 Å². The van der Waals surface area contributed by atoms with Crippen molar-refractivity contribution in [3.05, 3.63) is 103 Å². The van der Waals surface area contributed by atoms with E-state index in [0.717, 1.165) is 4.79 Å². The van der Waals surface area contributed by atoms with Crippen molar-refractivity contribution in [2.75, 3.05) is 4.83 Å². The lowest BCUT2D eigenvalue weighted by molar-refractivity contribution is 0.591.